The smallest absolute Gasteiger partial charge is 0.353 e. The van der Waals surface area contributed by atoms with E-state index in [1.807, 2.05) is 30.3 Å². The SMILES string of the molecule is CC(C)[C@H](N(N)C(=O)CCc1ccccc1)P(=O)(O)O[C@@H](CCCCN)C(=O)O. The van der Waals surface area contributed by atoms with Crippen molar-refractivity contribution in [1.29, 1.82) is 0 Å². The molecule has 1 aromatic carbocycles. The van der Waals surface area contributed by atoms with Gasteiger partial charge in [-0.15, -0.1) is 0 Å². The third-order valence-corrected chi connectivity index (χ3v) is 6.52. The van der Waals surface area contributed by atoms with E-state index in [0.717, 1.165) is 5.56 Å². The maximum Gasteiger partial charge on any atom is 0.353 e. The molecule has 1 amide bonds. The van der Waals surface area contributed by atoms with Crippen molar-refractivity contribution in [3.05, 3.63) is 35.9 Å². The number of carboxylic acid groups (broad SMARTS) is 1. The molecule has 6 N–H and O–H groups in total. The van der Waals surface area contributed by atoms with E-state index in [9.17, 15) is 24.2 Å². The van der Waals surface area contributed by atoms with Gasteiger partial charge in [0.15, 0.2) is 11.9 Å². The first-order valence-electron chi connectivity index (χ1n) is 9.64. The third kappa shape index (κ3) is 8.24. The number of carboxylic acids is 1. The molecule has 0 saturated carbocycles. The Labute approximate surface area is 171 Å². The monoisotopic (exact) mass is 429 g/mol. The number of hydrogen-bond acceptors (Lipinski definition) is 6. The van der Waals surface area contributed by atoms with Crippen molar-refractivity contribution in [1.82, 2.24) is 5.01 Å². The van der Waals surface area contributed by atoms with Gasteiger partial charge in [0.2, 0.25) is 5.91 Å². The summed E-state index contributed by atoms with van der Waals surface area (Å²) >= 11 is 0. The Morgan fingerprint density at radius 2 is 1.83 bits per heavy atom. The maximum atomic E-state index is 12.9. The van der Waals surface area contributed by atoms with Crippen LogP contribution in [0.5, 0.6) is 0 Å². The van der Waals surface area contributed by atoms with Crippen LogP contribution in [0.3, 0.4) is 0 Å². The zero-order valence-corrected chi connectivity index (χ0v) is 17.8. The van der Waals surface area contributed by atoms with E-state index in [1.54, 1.807) is 13.8 Å². The fourth-order valence-electron chi connectivity index (χ4n) is 2.97. The highest BCUT2D eigenvalue weighted by Crippen LogP contribution is 2.52. The topological polar surface area (TPSA) is 156 Å². The van der Waals surface area contributed by atoms with Crippen LogP contribution in [0.15, 0.2) is 30.3 Å². The Balaban J connectivity index is 2.86. The average Bonchev–Trinajstić information content (AvgIpc) is 2.65. The number of amides is 1. The molecule has 0 aliphatic rings. The minimum atomic E-state index is -4.56. The van der Waals surface area contributed by atoms with E-state index in [4.69, 9.17) is 16.1 Å². The number of carbonyl (C=O) groups is 2. The zero-order chi connectivity index (χ0) is 22.0. The number of hydrogen-bond donors (Lipinski definition) is 4. The molecule has 3 atom stereocenters. The number of nitrogens with two attached hydrogens (primary N) is 2. The highest BCUT2D eigenvalue weighted by atomic mass is 31.2. The van der Waals surface area contributed by atoms with Crippen molar-refractivity contribution in [2.45, 2.75) is 57.8 Å². The Morgan fingerprint density at radius 3 is 2.34 bits per heavy atom. The lowest BCUT2D eigenvalue weighted by Gasteiger charge is -2.34. The molecule has 10 heteroatoms. The number of hydrazine groups is 1. The second-order valence-electron chi connectivity index (χ2n) is 7.23. The van der Waals surface area contributed by atoms with Crippen LogP contribution < -0.4 is 11.6 Å². The van der Waals surface area contributed by atoms with E-state index in [0.29, 0.717) is 30.8 Å². The van der Waals surface area contributed by atoms with Crippen LogP contribution in [-0.2, 0) is 25.1 Å². The lowest BCUT2D eigenvalue weighted by molar-refractivity contribution is -0.146. The highest BCUT2D eigenvalue weighted by Gasteiger charge is 2.43. The number of unbranched alkanes of at least 4 members (excludes halogenated alkanes) is 1. The van der Waals surface area contributed by atoms with Gasteiger partial charge in [0.1, 0.15) is 0 Å². The number of nitrogens with zero attached hydrogens (tertiary/aromatic N) is 1. The molecule has 0 heterocycles. The Morgan fingerprint density at radius 1 is 1.21 bits per heavy atom. The lowest BCUT2D eigenvalue weighted by Crippen LogP contribution is -2.48. The van der Waals surface area contributed by atoms with Gasteiger partial charge in [-0.2, -0.15) is 0 Å². The molecule has 0 radical (unpaired) electrons. The van der Waals surface area contributed by atoms with Gasteiger partial charge >= 0.3 is 13.6 Å². The number of aryl methyl sites for hydroxylation is 1. The molecule has 0 aromatic heterocycles. The second-order valence-corrected chi connectivity index (χ2v) is 9.09. The van der Waals surface area contributed by atoms with E-state index >= 15 is 0 Å². The van der Waals surface area contributed by atoms with Crippen molar-refractivity contribution < 1.29 is 28.7 Å². The molecule has 0 bridgehead atoms. The predicted octanol–water partition coefficient (Wildman–Crippen LogP) is 2.09. The van der Waals surface area contributed by atoms with Crippen LogP contribution >= 0.6 is 7.60 Å². The summed E-state index contributed by atoms with van der Waals surface area (Å²) in [6, 6.07) is 9.30. The van der Waals surface area contributed by atoms with E-state index < -0.39 is 37.3 Å². The Hall–Kier alpha value is -1.77. The van der Waals surface area contributed by atoms with Crippen LogP contribution in [0.2, 0.25) is 0 Å². The zero-order valence-electron chi connectivity index (χ0n) is 16.9. The maximum absolute atomic E-state index is 12.9. The molecule has 29 heavy (non-hydrogen) atoms. The van der Waals surface area contributed by atoms with E-state index in [1.165, 1.54) is 0 Å². The van der Waals surface area contributed by atoms with Gasteiger partial charge in [0, 0.05) is 6.42 Å². The van der Waals surface area contributed by atoms with Crippen LogP contribution in [0.1, 0.15) is 45.1 Å². The van der Waals surface area contributed by atoms with Gasteiger partial charge in [0.25, 0.3) is 0 Å². The first-order chi connectivity index (χ1) is 13.6. The minimum absolute atomic E-state index is 0.0361. The number of carbonyl (C=O) groups excluding carboxylic acids is 1. The summed E-state index contributed by atoms with van der Waals surface area (Å²) in [5.74, 6) is 2.13. The Bertz CT molecular complexity index is 700. The molecular formula is C19H32N3O6P. The summed E-state index contributed by atoms with van der Waals surface area (Å²) in [5.41, 5.74) is 6.33. The van der Waals surface area contributed by atoms with Gasteiger partial charge in [-0.25, -0.2) is 10.6 Å². The molecule has 0 saturated heterocycles. The highest BCUT2D eigenvalue weighted by molar-refractivity contribution is 7.53. The number of aliphatic carboxylic acids is 1. The molecule has 0 fully saturated rings. The molecule has 0 aliphatic carbocycles. The lowest BCUT2D eigenvalue weighted by atomic mass is 10.1. The second kappa shape index (κ2) is 12.0. The van der Waals surface area contributed by atoms with Crippen molar-refractivity contribution in [3.8, 4) is 0 Å². The summed E-state index contributed by atoms with van der Waals surface area (Å²) in [7, 11) is -4.56. The van der Waals surface area contributed by atoms with Crippen molar-refractivity contribution in [3.63, 3.8) is 0 Å². The standard InChI is InChI=1S/C19H32N3O6P/c1-14(2)18(22(21)17(23)12-11-15-8-4-3-5-9-15)29(26,27)28-16(19(24)25)10-6-7-13-20/h3-5,8-9,14,16,18H,6-7,10-13,20-21H2,1-2H3,(H,24,25)(H,26,27)/t16-,18+/m0/s1. The molecule has 1 rings (SSSR count). The van der Waals surface area contributed by atoms with E-state index in [-0.39, 0.29) is 12.8 Å². The quantitative estimate of drug-likeness (QED) is 0.122. The summed E-state index contributed by atoms with van der Waals surface area (Å²) < 4.78 is 18.0. The van der Waals surface area contributed by atoms with Gasteiger partial charge < -0.3 is 15.7 Å². The van der Waals surface area contributed by atoms with Crippen LogP contribution in [0.25, 0.3) is 0 Å². The largest absolute Gasteiger partial charge is 0.479 e. The summed E-state index contributed by atoms with van der Waals surface area (Å²) in [5, 5.41) is 10.0. The van der Waals surface area contributed by atoms with Crippen molar-refractivity contribution in [2.75, 3.05) is 6.54 Å². The van der Waals surface area contributed by atoms with Crippen LogP contribution in [-0.4, -0.2) is 45.3 Å². The number of rotatable bonds is 13. The summed E-state index contributed by atoms with van der Waals surface area (Å²) in [4.78, 5) is 34.4. The molecule has 0 spiro atoms. The van der Waals surface area contributed by atoms with Crippen molar-refractivity contribution in [2.24, 2.45) is 17.5 Å². The first-order valence-corrected chi connectivity index (χ1v) is 11.3. The van der Waals surface area contributed by atoms with Gasteiger partial charge in [-0.1, -0.05) is 44.2 Å². The third-order valence-electron chi connectivity index (χ3n) is 4.45. The normalized spacial score (nSPS) is 15.5. The Kier molecular flexibility index (Phi) is 10.5. The van der Waals surface area contributed by atoms with Gasteiger partial charge in [-0.3, -0.25) is 18.9 Å². The summed E-state index contributed by atoms with van der Waals surface area (Å²) in [6.45, 7) is 3.61. The van der Waals surface area contributed by atoms with Crippen LogP contribution in [0, 0.1) is 5.92 Å². The van der Waals surface area contributed by atoms with Crippen LogP contribution in [0.4, 0.5) is 0 Å². The minimum Gasteiger partial charge on any atom is -0.479 e. The first kappa shape index (κ1) is 25.3. The molecule has 1 unspecified atom stereocenters. The predicted molar refractivity (Wildman–Crippen MR) is 110 cm³/mol. The van der Waals surface area contributed by atoms with Gasteiger partial charge in [-0.05, 0) is 43.7 Å². The van der Waals surface area contributed by atoms with Gasteiger partial charge in [0.05, 0.1) is 0 Å². The average molecular weight is 429 g/mol. The van der Waals surface area contributed by atoms with Crippen molar-refractivity contribution >= 4 is 19.5 Å². The summed E-state index contributed by atoms with van der Waals surface area (Å²) in [6.07, 6.45) is 0.0221. The van der Waals surface area contributed by atoms with E-state index in [2.05, 4.69) is 0 Å². The molecule has 0 aliphatic heterocycles. The molecule has 164 valence electrons. The number of benzene rings is 1. The molecule has 9 nitrogen and oxygen atoms in total. The fraction of sp³-hybridized carbons (Fsp3) is 0.579. The molecule has 1 aromatic rings. The molecular weight excluding hydrogens is 397 g/mol. The fourth-order valence-corrected chi connectivity index (χ4v) is 4.85.